The lowest BCUT2D eigenvalue weighted by Gasteiger charge is -2.34. The van der Waals surface area contributed by atoms with E-state index < -0.39 is 10.0 Å². The van der Waals surface area contributed by atoms with Crippen LogP contribution < -0.4 is 10.2 Å². The number of aryl methyl sites for hydroxylation is 1. The lowest BCUT2D eigenvalue weighted by Crippen LogP contribution is -3.19. The second-order valence-corrected chi connectivity index (χ2v) is 10.2. The van der Waals surface area contributed by atoms with Gasteiger partial charge in [-0.3, -0.25) is 4.79 Å². The normalized spacial score (nSPS) is 17.4. The second-order valence-electron chi connectivity index (χ2n) is 7.22. The Hall–Kier alpha value is -1.74. The summed E-state index contributed by atoms with van der Waals surface area (Å²) in [5.74, 6) is 0.0291. The fourth-order valence-electron chi connectivity index (χ4n) is 3.41. The zero-order valence-corrected chi connectivity index (χ0v) is 18.0. The minimum absolute atomic E-state index is 0.0291. The summed E-state index contributed by atoms with van der Waals surface area (Å²) in [6, 6.07) is 10.8. The van der Waals surface area contributed by atoms with Crippen LogP contribution in [0.1, 0.15) is 17.4 Å². The maximum Gasteiger partial charge on any atom is 0.278 e. The molecule has 8 heteroatoms. The van der Waals surface area contributed by atoms with E-state index in [2.05, 4.69) is 11.4 Å². The summed E-state index contributed by atoms with van der Waals surface area (Å²) in [5.41, 5.74) is 1.03. The van der Waals surface area contributed by atoms with Gasteiger partial charge in [0, 0.05) is 11.4 Å². The summed E-state index contributed by atoms with van der Waals surface area (Å²) < 4.78 is 27.1. The highest BCUT2D eigenvalue weighted by atomic mass is 32.2. The first-order valence-corrected chi connectivity index (χ1v) is 11.9. The summed E-state index contributed by atoms with van der Waals surface area (Å²) >= 11 is 1.69. The quantitative estimate of drug-likeness (QED) is 0.690. The highest BCUT2D eigenvalue weighted by Gasteiger charge is 2.34. The van der Waals surface area contributed by atoms with E-state index in [0.717, 1.165) is 16.9 Å². The fourth-order valence-corrected chi connectivity index (χ4v) is 5.56. The minimum atomic E-state index is -3.47. The molecule has 0 bridgehead atoms. The lowest BCUT2D eigenvalue weighted by molar-refractivity contribution is -0.917. The van der Waals surface area contributed by atoms with E-state index in [1.54, 1.807) is 23.5 Å². The molecule has 1 aromatic heterocycles. The van der Waals surface area contributed by atoms with Gasteiger partial charge in [0.25, 0.3) is 5.91 Å². The highest BCUT2D eigenvalue weighted by Crippen LogP contribution is 2.16. The third-order valence-electron chi connectivity index (χ3n) is 5.28. The van der Waals surface area contributed by atoms with Gasteiger partial charge >= 0.3 is 0 Å². The Bertz CT molecular complexity index is 872. The Morgan fingerprint density at radius 2 is 1.89 bits per heavy atom. The van der Waals surface area contributed by atoms with Crippen LogP contribution in [0.4, 0.5) is 0 Å². The molecule has 0 radical (unpaired) electrons. The molecule has 0 spiro atoms. The second kappa shape index (κ2) is 9.17. The van der Waals surface area contributed by atoms with Crippen LogP contribution in [0.15, 0.2) is 46.7 Å². The highest BCUT2D eigenvalue weighted by molar-refractivity contribution is 7.89. The van der Waals surface area contributed by atoms with Gasteiger partial charge in [-0.2, -0.15) is 4.31 Å². The molecule has 6 nitrogen and oxygen atoms in total. The predicted octanol–water partition coefficient (Wildman–Crippen LogP) is 0.693. The molecule has 0 saturated carbocycles. The zero-order valence-electron chi connectivity index (χ0n) is 16.3. The number of sulfonamides is 1. The first-order valence-electron chi connectivity index (χ1n) is 9.59. The number of rotatable bonds is 7. The van der Waals surface area contributed by atoms with Gasteiger partial charge in [-0.15, -0.1) is 11.3 Å². The minimum Gasteiger partial charge on any atom is -0.351 e. The van der Waals surface area contributed by atoms with Gasteiger partial charge in [0.2, 0.25) is 10.0 Å². The Morgan fingerprint density at radius 1 is 1.21 bits per heavy atom. The standard InChI is InChI=1S/C20H27N3O3S2/c1-16-5-7-19(8-6-16)28(25,26)23-13-11-22(12-14-23)17(2)20(24)21-10-9-18-4-3-15-27-18/h3-8,15,17H,9-14H2,1-2H3,(H,21,24)/p+1/t17-/m1/s1. The monoisotopic (exact) mass is 422 g/mol. The third kappa shape index (κ3) is 5.00. The van der Waals surface area contributed by atoms with Gasteiger partial charge in [0.15, 0.2) is 6.04 Å². The average molecular weight is 423 g/mol. The van der Waals surface area contributed by atoms with E-state index in [1.807, 2.05) is 37.4 Å². The van der Waals surface area contributed by atoms with Crippen LogP contribution in [0.2, 0.25) is 0 Å². The molecule has 1 aliphatic rings. The van der Waals surface area contributed by atoms with Crippen LogP contribution in [0.5, 0.6) is 0 Å². The molecule has 2 heterocycles. The van der Waals surface area contributed by atoms with Crippen LogP contribution in [0.25, 0.3) is 0 Å². The number of benzene rings is 1. The Balaban J connectivity index is 1.49. The Kier molecular flexibility index (Phi) is 6.87. The molecule has 1 saturated heterocycles. The van der Waals surface area contributed by atoms with Gasteiger partial charge < -0.3 is 10.2 Å². The number of hydrogen-bond acceptors (Lipinski definition) is 4. The molecule has 1 atom stereocenters. The molecule has 28 heavy (non-hydrogen) atoms. The maximum atomic E-state index is 12.8. The third-order valence-corrected chi connectivity index (χ3v) is 8.13. The summed E-state index contributed by atoms with van der Waals surface area (Å²) in [4.78, 5) is 15.2. The summed E-state index contributed by atoms with van der Waals surface area (Å²) in [6.45, 7) is 6.60. The van der Waals surface area contributed by atoms with Crippen LogP contribution in [0, 0.1) is 6.92 Å². The molecule has 2 aromatic rings. The van der Waals surface area contributed by atoms with E-state index >= 15 is 0 Å². The number of piperazine rings is 1. The number of carbonyl (C=O) groups excluding carboxylic acids is 1. The number of hydrogen-bond donors (Lipinski definition) is 2. The van der Waals surface area contributed by atoms with E-state index in [4.69, 9.17) is 0 Å². The lowest BCUT2D eigenvalue weighted by atomic mass is 10.2. The van der Waals surface area contributed by atoms with Gasteiger partial charge in [0.1, 0.15) is 0 Å². The molecular weight excluding hydrogens is 394 g/mol. The van der Waals surface area contributed by atoms with Crippen molar-refractivity contribution < 1.29 is 18.1 Å². The first kappa shape index (κ1) is 21.0. The van der Waals surface area contributed by atoms with E-state index in [1.165, 1.54) is 9.18 Å². The number of thiophene rings is 1. The van der Waals surface area contributed by atoms with E-state index in [-0.39, 0.29) is 11.9 Å². The predicted molar refractivity (Wildman–Crippen MR) is 111 cm³/mol. The molecule has 0 unspecified atom stereocenters. The van der Waals surface area contributed by atoms with Crippen molar-refractivity contribution >= 4 is 27.3 Å². The van der Waals surface area contributed by atoms with Crippen molar-refractivity contribution in [2.24, 2.45) is 0 Å². The molecule has 1 aliphatic heterocycles. The Morgan fingerprint density at radius 3 is 2.50 bits per heavy atom. The average Bonchev–Trinajstić information content (AvgIpc) is 3.21. The van der Waals surface area contributed by atoms with Crippen molar-refractivity contribution in [2.45, 2.75) is 31.2 Å². The van der Waals surface area contributed by atoms with Gasteiger partial charge in [-0.25, -0.2) is 8.42 Å². The molecule has 1 amide bonds. The van der Waals surface area contributed by atoms with E-state index in [0.29, 0.717) is 37.6 Å². The van der Waals surface area contributed by atoms with Crippen LogP contribution in [0.3, 0.4) is 0 Å². The van der Waals surface area contributed by atoms with Gasteiger partial charge in [0.05, 0.1) is 31.1 Å². The Labute approximate surface area is 171 Å². The van der Waals surface area contributed by atoms with Crippen molar-refractivity contribution in [1.82, 2.24) is 9.62 Å². The molecule has 3 rings (SSSR count). The summed E-state index contributed by atoms with van der Waals surface area (Å²) in [7, 11) is -3.47. The van der Waals surface area contributed by atoms with Crippen molar-refractivity contribution in [3.63, 3.8) is 0 Å². The zero-order chi connectivity index (χ0) is 20.1. The molecular formula is C20H28N3O3S2+. The largest absolute Gasteiger partial charge is 0.351 e. The van der Waals surface area contributed by atoms with Crippen molar-refractivity contribution in [3.8, 4) is 0 Å². The SMILES string of the molecule is Cc1ccc(S(=O)(=O)N2CC[NH+]([C@H](C)C(=O)NCCc3cccs3)CC2)cc1. The molecule has 152 valence electrons. The fraction of sp³-hybridized carbons (Fsp3) is 0.450. The van der Waals surface area contributed by atoms with Crippen molar-refractivity contribution in [2.75, 3.05) is 32.7 Å². The first-order chi connectivity index (χ1) is 13.4. The molecule has 2 N–H and O–H groups in total. The number of nitrogens with zero attached hydrogens (tertiary/aromatic N) is 1. The summed E-state index contributed by atoms with van der Waals surface area (Å²) in [6.07, 6.45) is 0.841. The van der Waals surface area contributed by atoms with Crippen molar-refractivity contribution in [1.29, 1.82) is 0 Å². The number of nitrogens with one attached hydrogen (secondary N) is 2. The van der Waals surface area contributed by atoms with Crippen LogP contribution in [-0.2, 0) is 21.2 Å². The van der Waals surface area contributed by atoms with Crippen LogP contribution >= 0.6 is 11.3 Å². The van der Waals surface area contributed by atoms with Crippen LogP contribution in [-0.4, -0.2) is 57.4 Å². The molecule has 1 aromatic carbocycles. The number of quaternary nitrogens is 1. The topological polar surface area (TPSA) is 70.9 Å². The summed E-state index contributed by atoms with van der Waals surface area (Å²) in [5, 5.41) is 5.04. The molecule has 0 aliphatic carbocycles. The van der Waals surface area contributed by atoms with Gasteiger partial charge in [-0.05, 0) is 43.8 Å². The van der Waals surface area contributed by atoms with Gasteiger partial charge in [-0.1, -0.05) is 23.8 Å². The smallest absolute Gasteiger partial charge is 0.278 e. The maximum absolute atomic E-state index is 12.8. The van der Waals surface area contributed by atoms with Crippen molar-refractivity contribution in [3.05, 3.63) is 52.2 Å². The molecule has 1 fully saturated rings. The number of amides is 1. The van der Waals surface area contributed by atoms with E-state index in [9.17, 15) is 13.2 Å². The number of carbonyl (C=O) groups is 1.